The molecule has 0 saturated carbocycles. The molecule has 0 atom stereocenters. The van der Waals surface area contributed by atoms with Crippen molar-refractivity contribution in [3.63, 3.8) is 0 Å². The predicted octanol–water partition coefficient (Wildman–Crippen LogP) is 2.24. The lowest BCUT2D eigenvalue weighted by Crippen LogP contribution is -1.96. The van der Waals surface area contributed by atoms with Crippen molar-refractivity contribution in [3.05, 3.63) is 61.1 Å². The molecule has 0 amide bonds. The third-order valence-corrected chi connectivity index (χ3v) is 3.26. The summed E-state index contributed by atoms with van der Waals surface area (Å²) in [6.07, 6.45) is 5.48. The van der Waals surface area contributed by atoms with Gasteiger partial charge in [-0.15, -0.1) is 5.10 Å². The predicted molar refractivity (Wildman–Crippen MR) is 84.2 cm³/mol. The molecule has 22 heavy (non-hydrogen) atoms. The lowest BCUT2D eigenvalue weighted by Gasteiger charge is -2.00. The van der Waals surface area contributed by atoms with E-state index in [1.807, 2.05) is 54.9 Å². The van der Waals surface area contributed by atoms with Gasteiger partial charge in [0.15, 0.2) is 5.65 Å². The van der Waals surface area contributed by atoms with Gasteiger partial charge < -0.3 is 11.1 Å². The molecule has 3 aromatic heterocycles. The zero-order chi connectivity index (χ0) is 14.9. The summed E-state index contributed by atoms with van der Waals surface area (Å²) in [5.41, 5.74) is 8.96. The zero-order valence-electron chi connectivity index (χ0n) is 11.6. The number of nitrogens with zero attached hydrogens (tertiary/aromatic N) is 5. The van der Waals surface area contributed by atoms with E-state index < -0.39 is 0 Å². The normalized spacial score (nSPS) is 10.9. The summed E-state index contributed by atoms with van der Waals surface area (Å²) < 4.78 is 3.49. The third kappa shape index (κ3) is 2.24. The molecule has 0 unspecified atom stereocenters. The van der Waals surface area contributed by atoms with Crippen molar-refractivity contribution in [1.29, 1.82) is 0 Å². The van der Waals surface area contributed by atoms with E-state index >= 15 is 0 Å². The molecule has 108 valence electrons. The van der Waals surface area contributed by atoms with Crippen LogP contribution in [0.15, 0.2) is 61.1 Å². The Hall–Kier alpha value is -3.35. The van der Waals surface area contributed by atoms with E-state index in [0.29, 0.717) is 5.95 Å². The summed E-state index contributed by atoms with van der Waals surface area (Å²) >= 11 is 0. The fourth-order valence-corrected chi connectivity index (χ4v) is 2.18. The second-order valence-electron chi connectivity index (χ2n) is 4.82. The third-order valence-electron chi connectivity index (χ3n) is 3.26. The first-order valence-corrected chi connectivity index (χ1v) is 6.77. The maximum Gasteiger partial charge on any atom is 0.247 e. The highest BCUT2D eigenvalue weighted by molar-refractivity contribution is 5.59. The van der Waals surface area contributed by atoms with Crippen LogP contribution in [0.3, 0.4) is 0 Å². The molecule has 4 aromatic rings. The van der Waals surface area contributed by atoms with Crippen LogP contribution in [0.4, 0.5) is 17.3 Å². The van der Waals surface area contributed by atoms with Crippen LogP contribution in [0.5, 0.6) is 0 Å². The summed E-state index contributed by atoms with van der Waals surface area (Å²) in [5, 5.41) is 11.7. The summed E-state index contributed by atoms with van der Waals surface area (Å²) in [6.45, 7) is 0. The lowest BCUT2D eigenvalue weighted by atomic mass is 10.3. The maximum absolute atomic E-state index is 5.67. The number of rotatable bonds is 3. The molecule has 0 aliphatic carbocycles. The monoisotopic (exact) mass is 291 g/mol. The van der Waals surface area contributed by atoms with E-state index in [9.17, 15) is 0 Å². The average molecular weight is 291 g/mol. The van der Waals surface area contributed by atoms with Gasteiger partial charge in [-0.05, 0) is 36.4 Å². The minimum atomic E-state index is 0.530. The number of nitrogen functional groups attached to an aromatic ring is 1. The number of aromatic nitrogens is 5. The number of anilines is 3. The molecule has 0 aliphatic rings. The molecule has 4 rings (SSSR count). The van der Waals surface area contributed by atoms with Gasteiger partial charge in [0, 0.05) is 36.0 Å². The Labute approximate surface area is 126 Å². The number of benzene rings is 1. The molecule has 7 nitrogen and oxygen atoms in total. The van der Waals surface area contributed by atoms with Crippen molar-refractivity contribution in [1.82, 2.24) is 24.4 Å². The first-order valence-electron chi connectivity index (χ1n) is 6.77. The number of hydrogen-bond donors (Lipinski definition) is 2. The summed E-state index contributed by atoms with van der Waals surface area (Å²) in [6, 6.07) is 13.2. The molecule has 1 aromatic carbocycles. The fraction of sp³-hybridized carbons (Fsp3) is 0. The van der Waals surface area contributed by atoms with Crippen LogP contribution in [-0.4, -0.2) is 24.4 Å². The van der Waals surface area contributed by atoms with Crippen LogP contribution in [0.2, 0.25) is 0 Å². The number of nitrogens with two attached hydrogens (primary N) is 1. The van der Waals surface area contributed by atoms with E-state index in [1.165, 1.54) is 0 Å². The topological polar surface area (TPSA) is 86.1 Å². The summed E-state index contributed by atoms with van der Waals surface area (Å²) in [4.78, 5) is 4.47. The first kappa shape index (κ1) is 12.4. The summed E-state index contributed by atoms with van der Waals surface area (Å²) in [7, 11) is 0. The quantitative estimate of drug-likeness (QED) is 0.565. The largest absolute Gasteiger partial charge is 0.399 e. The second-order valence-corrected chi connectivity index (χ2v) is 4.82. The van der Waals surface area contributed by atoms with Crippen molar-refractivity contribution in [3.8, 4) is 5.69 Å². The van der Waals surface area contributed by atoms with Crippen LogP contribution in [0, 0.1) is 0 Å². The lowest BCUT2D eigenvalue weighted by molar-refractivity contribution is 0.870. The molecular formula is C15H13N7. The van der Waals surface area contributed by atoms with Crippen LogP contribution in [0.1, 0.15) is 0 Å². The average Bonchev–Trinajstić information content (AvgIpc) is 3.17. The van der Waals surface area contributed by atoms with Gasteiger partial charge >= 0.3 is 0 Å². The van der Waals surface area contributed by atoms with Crippen molar-refractivity contribution >= 4 is 23.0 Å². The van der Waals surface area contributed by atoms with Gasteiger partial charge in [0.05, 0.1) is 5.69 Å². The first-order chi connectivity index (χ1) is 10.8. The van der Waals surface area contributed by atoms with E-state index in [-0.39, 0.29) is 0 Å². The van der Waals surface area contributed by atoms with Gasteiger partial charge in [0.2, 0.25) is 5.95 Å². The highest BCUT2D eigenvalue weighted by Gasteiger charge is 2.06. The Morgan fingerprint density at radius 1 is 1.05 bits per heavy atom. The Morgan fingerprint density at radius 3 is 2.68 bits per heavy atom. The van der Waals surface area contributed by atoms with Gasteiger partial charge in [0.25, 0.3) is 0 Å². The highest BCUT2D eigenvalue weighted by Crippen LogP contribution is 2.17. The fourth-order valence-electron chi connectivity index (χ4n) is 2.18. The molecule has 0 fully saturated rings. The standard InChI is InChI=1S/C15H13N7/c16-11-2-4-12(5-3-11)18-15-19-14-10-13(6-9-22(14)20-15)21-8-1-7-17-21/h1-10H,16H2,(H,18,20). The number of nitrogens with one attached hydrogen (secondary N) is 1. The van der Waals surface area contributed by atoms with Crippen LogP contribution in [-0.2, 0) is 0 Å². The minimum Gasteiger partial charge on any atom is -0.399 e. The Balaban J connectivity index is 1.67. The second kappa shape index (κ2) is 4.88. The molecule has 3 N–H and O–H groups in total. The highest BCUT2D eigenvalue weighted by atomic mass is 15.3. The Bertz CT molecular complexity index is 907. The summed E-state index contributed by atoms with van der Waals surface area (Å²) in [5.74, 6) is 0.530. The van der Waals surface area contributed by atoms with E-state index in [2.05, 4.69) is 20.5 Å². The maximum atomic E-state index is 5.67. The van der Waals surface area contributed by atoms with Crippen molar-refractivity contribution in [2.75, 3.05) is 11.1 Å². The molecule has 0 saturated heterocycles. The van der Waals surface area contributed by atoms with E-state index in [1.54, 1.807) is 15.4 Å². The number of hydrogen-bond acceptors (Lipinski definition) is 5. The molecule has 0 spiro atoms. The number of fused-ring (bicyclic) bond motifs is 1. The minimum absolute atomic E-state index is 0.530. The molecule has 0 aliphatic heterocycles. The Morgan fingerprint density at radius 2 is 1.91 bits per heavy atom. The molecule has 0 radical (unpaired) electrons. The van der Waals surface area contributed by atoms with E-state index in [4.69, 9.17) is 5.73 Å². The SMILES string of the molecule is Nc1ccc(Nc2nc3cc(-n4cccn4)ccn3n2)cc1. The van der Waals surface area contributed by atoms with Crippen LogP contribution in [0.25, 0.3) is 11.3 Å². The van der Waals surface area contributed by atoms with Gasteiger partial charge in [-0.3, -0.25) is 0 Å². The van der Waals surface area contributed by atoms with E-state index in [0.717, 1.165) is 22.7 Å². The molecular weight excluding hydrogens is 278 g/mol. The molecule has 3 heterocycles. The molecule has 7 heteroatoms. The van der Waals surface area contributed by atoms with Gasteiger partial charge in [-0.2, -0.15) is 10.1 Å². The number of pyridine rings is 1. The van der Waals surface area contributed by atoms with Gasteiger partial charge in [0.1, 0.15) is 0 Å². The van der Waals surface area contributed by atoms with Gasteiger partial charge in [-0.1, -0.05) is 0 Å². The van der Waals surface area contributed by atoms with Crippen LogP contribution >= 0.6 is 0 Å². The van der Waals surface area contributed by atoms with Gasteiger partial charge in [-0.25, -0.2) is 9.20 Å². The van der Waals surface area contributed by atoms with Crippen molar-refractivity contribution < 1.29 is 0 Å². The molecule has 0 bridgehead atoms. The zero-order valence-corrected chi connectivity index (χ0v) is 11.6. The van der Waals surface area contributed by atoms with Crippen LogP contribution < -0.4 is 11.1 Å². The van der Waals surface area contributed by atoms with Crippen molar-refractivity contribution in [2.24, 2.45) is 0 Å². The smallest absolute Gasteiger partial charge is 0.247 e. The Kier molecular flexibility index (Phi) is 2.75. The van der Waals surface area contributed by atoms with Crippen molar-refractivity contribution in [2.45, 2.75) is 0 Å².